The van der Waals surface area contributed by atoms with Crippen molar-refractivity contribution < 1.29 is 12.6 Å². The molecule has 0 radical (unpaired) electrons. The van der Waals surface area contributed by atoms with E-state index in [0.29, 0.717) is 0 Å². The molecule has 0 saturated carbocycles. The maximum Gasteiger partial charge on any atom is 0.346 e. The highest BCUT2D eigenvalue weighted by atomic mass is 32.2. The Morgan fingerprint density at radius 1 is 1.04 bits per heavy atom. The van der Waals surface area contributed by atoms with E-state index in [-0.39, 0.29) is 11.4 Å². The zero-order chi connectivity index (χ0) is 17.6. The van der Waals surface area contributed by atoms with E-state index in [4.69, 9.17) is 4.18 Å². The molecule has 0 saturated heterocycles. The van der Waals surface area contributed by atoms with E-state index >= 15 is 0 Å². The zero-order valence-corrected chi connectivity index (χ0v) is 14.5. The SMILES string of the molecule is Cc1c(S(=O)(=O)Oc2ccc3c(c2)CCC3)c(=O)n(C)c(=O)n1C. The molecule has 1 aromatic carbocycles. The van der Waals surface area contributed by atoms with Crippen LogP contribution in [0.15, 0.2) is 32.7 Å². The molecule has 0 bridgehead atoms. The monoisotopic (exact) mass is 350 g/mol. The third-order valence-corrected chi connectivity index (χ3v) is 5.81. The van der Waals surface area contributed by atoms with Crippen molar-refractivity contribution in [2.45, 2.75) is 31.1 Å². The van der Waals surface area contributed by atoms with Crippen LogP contribution in [0.3, 0.4) is 0 Å². The average molecular weight is 350 g/mol. The highest BCUT2D eigenvalue weighted by Crippen LogP contribution is 2.27. The summed E-state index contributed by atoms with van der Waals surface area (Å²) in [5.41, 5.74) is 0.816. The summed E-state index contributed by atoms with van der Waals surface area (Å²) in [5.74, 6) is 0.172. The minimum absolute atomic E-state index is 0.0456. The number of fused-ring (bicyclic) bond motifs is 1. The van der Waals surface area contributed by atoms with Crippen LogP contribution < -0.4 is 15.4 Å². The molecule has 1 aromatic heterocycles. The van der Waals surface area contributed by atoms with E-state index in [2.05, 4.69) is 0 Å². The van der Waals surface area contributed by atoms with Crippen molar-refractivity contribution in [1.82, 2.24) is 9.13 Å². The van der Waals surface area contributed by atoms with Gasteiger partial charge in [-0.1, -0.05) is 6.07 Å². The van der Waals surface area contributed by atoms with Gasteiger partial charge in [0.2, 0.25) is 0 Å². The Kier molecular flexibility index (Phi) is 3.87. The van der Waals surface area contributed by atoms with Crippen molar-refractivity contribution in [3.8, 4) is 5.75 Å². The van der Waals surface area contributed by atoms with Gasteiger partial charge in [-0.25, -0.2) is 4.79 Å². The van der Waals surface area contributed by atoms with Crippen LogP contribution in [0.4, 0.5) is 0 Å². The van der Waals surface area contributed by atoms with Gasteiger partial charge in [-0.3, -0.25) is 13.9 Å². The Balaban J connectivity index is 2.10. The molecule has 1 aliphatic rings. The van der Waals surface area contributed by atoms with Crippen LogP contribution in [0.25, 0.3) is 0 Å². The first kappa shape index (κ1) is 16.5. The minimum atomic E-state index is -4.35. The summed E-state index contributed by atoms with van der Waals surface area (Å²) in [6.45, 7) is 1.40. The molecule has 8 heteroatoms. The van der Waals surface area contributed by atoms with Gasteiger partial charge in [-0.2, -0.15) is 8.42 Å². The van der Waals surface area contributed by atoms with E-state index in [0.717, 1.165) is 34.0 Å². The maximum atomic E-state index is 12.6. The Labute approximate surface area is 139 Å². The fourth-order valence-corrected chi connectivity index (χ4v) is 4.26. The smallest absolute Gasteiger partial charge is 0.346 e. The number of nitrogens with zero attached hydrogens (tertiary/aromatic N) is 2. The first-order valence-electron chi connectivity index (χ1n) is 7.55. The van der Waals surface area contributed by atoms with Crippen LogP contribution in [0, 0.1) is 6.92 Å². The van der Waals surface area contributed by atoms with Crippen molar-refractivity contribution >= 4 is 10.1 Å². The summed E-state index contributed by atoms with van der Waals surface area (Å²) in [6, 6.07) is 5.13. The van der Waals surface area contributed by atoms with Crippen molar-refractivity contribution in [3.63, 3.8) is 0 Å². The summed E-state index contributed by atoms with van der Waals surface area (Å²) in [5, 5.41) is 0. The van der Waals surface area contributed by atoms with E-state index in [1.807, 2.05) is 6.07 Å². The van der Waals surface area contributed by atoms with Crippen molar-refractivity contribution in [2.75, 3.05) is 0 Å². The van der Waals surface area contributed by atoms with Crippen molar-refractivity contribution in [3.05, 3.63) is 55.9 Å². The minimum Gasteiger partial charge on any atom is -0.379 e. The summed E-state index contributed by atoms with van der Waals surface area (Å²) in [7, 11) is -1.70. The second kappa shape index (κ2) is 5.62. The lowest BCUT2D eigenvalue weighted by molar-refractivity contribution is 0.478. The Bertz CT molecular complexity index is 1050. The van der Waals surface area contributed by atoms with Gasteiger partial charge < -0.3 is 4.18 Å². The van der Waals surface area contributed by atoms with Crippen LogP contribution in [-0.2, 0) is 37.1 Å². The molecule has 0 N–H and O–H groups in total. The van der Waals surface area contributed by atoms with Crippen LogP contribution in [0.5, 0.6) is 5.75 Å². The number of benzene rings is 1. The molecular weight excluding hydrogens is 332 g/mol. The van der Waals surface area contributed by atoms with Gasteiger partial charge >= 0.3 is 15.8 Å². The van der Waals surface area contributed by atoms with Gasteiger partial charge in [-0.15, -0.1) is 0 Å². The Morgan fingerprint density at radius 3 is 2.42 bits per heavy atom. The van der Waals surface area contributed by atoms with E-state index < -0.39 is 26.3 Å². The van der Waals surface area contributed by atoms with Gasteiger partial charge in [0.1, 0.15) is 5.75 Å². The largest absolute Gasteiger partial charge is 0.379 e. The number of aromatic nitrogens is 2. The van der Waals surface area contributed by atoms with Crippen molar-refractivity contribution in [2.24, 2.45) is 14.1 Å². The molecule has 3 rings (SSSR count). The molecule has 0 spiro atoms. The molecule has 24 heavy (non-hydrogen) atoms. The van der Waals surface area contributed by atoms with Crippen molar-refractivity contribution in [1.29, 1.82) is 0 Å². The van der Waals surface area contributed by atoms with E-state index in [1.54, 1.807) is 12.1 Å². The summed E-state index contributed by atoms with van der Waals surface area (Å²) >= 11 is 0. The molecule has 7 nitrogen and oxygen atoms in total. The normalized spacial score (nSPS) is 13.8. The predicted octanol–water partition coefficient (Wildman–Crippen LogP) is 0.649. The first-order valence-corrected chi connectivity index (χ1v) is 8.96. The van der Waals surface area contributed by atoms with Crippen LogP contribution >= 0.6 is 0 Å². The molecule has 1 aliphatic carbocycles. The van der Waals surface area contributed by atoms with E-state index in [9.17, 15) is 18.0 Å². The van der Waals surface area contributed by atoms with Gasteiger partial charge in [-0.05, 0) is 49.4 Å². The Morgan fingerprint density at radius 2 is 1.71 bits per heavy atom. The lowest BCUT2D eigenvalue weighted by atomic mass is 10.1. The summed E-state index contributed by atoms with van der Waals surface area (Å²) in [6.07, 6.45) is 2.89. The molecular formula is C16H18N2O5S. The van der Waals surface area contributed by atoms with Gasteiger partial charge in [0.25, 0.3) is 5.56 Å². The second-order valence-corrected chi connectivity index (χ2v) is 7.42. The first-order chi connectivity index (χ1) is 11.2. The fraction of sp³-hybridized carbons (Fsp3) is 0.375. The number of hydrogen-bond acceptors (Lipinski definition) is 5. The predicted molar refractivity (Wildman–Crippen MR) is 87.9 cm³/mol. The number of hydrogen-bond donors (Lipinski definition) is 0. The fourth-order valence-electron chi connectivity index (χ4n) is 2.97. The quantitative estimate of drug-likeness (QED) is 0.759. The topological polar surface area (TPSA) is 87.4 Å². The lowest BCUT2D eigenvalue weighted by Gasteiger charge is -2.13. The molecule has 0 fully saturated rings. The summed E-state index contributed by atoms with van der Waals surface area (Å²) < 4.78 is 32.3. The lowest BCUT2D eigenvalue weighted by Crippen LogP contribution is -2.41. The maximum absolute atomic E-state index is 12.6. The second-order valence-electron chi connectivity index (χ2n) is 5.94. The summed E-state index contributed by atoms with van der Waals surface area (Å²) in [4.78, 5) is 23.6. The number of rotatable bonds is 3. The highest BCUT2D eigenvalue weighted by molar-refractivity contribution is 7.87. The van der Waals surface area contributed by atoms with E-state index in [1.165, 1.54) is 26.6 Å². The van der Waals surface area contributed by atoms with Gasteiger partial charge in [0, 0.05) is 19.8 Å². The zero-order valence-electron chi connectivity index (χ0n) is 13.7. The van der Waals surface area contributed by atoms with Gasteiger partial charge in [0.15, 0.2) is 4.90 Å². The third-order valence-electron chi connectivity index (χ3n) is 4.43. The highest BCUT2D eigenvalue weighted by Gasteiger charge is 2.27. The number of aryl methyl sites for hydroxylation is 2. The van der Waals surface area contributed by atoms with Crippen LogP contribution in [0.1, 0.15) is 23.2 Å². The van der Waals surface area contributed by atoms with Gasteiger partial charge in [0.05, 0.1) is 0 Å². The average Bonchev–Trinajstić information content (AvgIpc) is 2.98. The molecule has 0 aliphatic heterocycles. The molecule has 0 unspecified atom stereocenters. The Hall–Kier alpha value is -2.35. The van der Waals surface area contributed by atoms with Crippen LogP contribution in [-0.4, -0.2) is 17.6 Å². The molecule has 2 aromatic rings. The van der Waals surface area contributed by atoms with Crippen LogP contribution in [0.2, 0.25) is 0 Å². The third kappa shape index (κ3) is 2.56. The molecule has 128 valence electrons. The molecule has 1 heterocycles. The molecule has 0 atom stereocenters. The molecule has 0 amide bonds. The standard InChI is InChI=1S/C16H18N2O5S/c1-10-14(15(19)18(3)16(20)17(10)2)24(21,22)23-13-8-7-11-5-4-6-12(11)9-13/h7-9H,4-6H2,1-3H3.